The Kier molecular flexibility index (Phi) is 5.27. The molecule has 0 saturated heterocycles. The number of benzene rings is 3. The molecule has 2 aromatic heterocycles. The Balaban J connectivity index is 1.84. The van der Waals surface area contributed by atoms with Gasteiger partial charge >= 0.3 is 0 Å². The molecule has 0 aliphatic heterocycles. The van der Waals surface area contributed by atoms with Crippen LogP contribution in [0.5, 0.6) is 0 Å². The Bertz CT molecular complexity index is 1560. The van der Waals surface area contributed by atoms with Gasteiger partial charge in [-0.1, -0.05) is 66.7 Å². The van der Waals surface area contributed by atoms with Crippen LogP contribution < -0.4 is 11.3 Å². The summed E-state index contributed by atoms with van der Waals surface area (Å²) in [6.45, 7) is 0.714. The summed E-state index contributed by atoms with van der Waals surface area (Å²) in [5, 5.41) is 9.84. The van der Waals surface area contributed by atoms with Gasteiger partial charge in [-0.3, -0.25) is 4.79 Å². The number of nitrogens with zero attached hydrogens (tertiary/aromatic N) is 2. The summed E-state index contributed by atoms with van der Waals surface area (Å²) in [7, 11) is 0. The van der Waals surface area contributed by atoms with Gasteiger partial charge in [0.1, 0.15) is 0 Å². The minimum absolute atomic E-state index is 0.200. The molecule has 3 aromatic carbocycles. The normalized spacial score (nSPS) is 10.8. The van der Waals surface area contributed by atoms with E-state index < -0.39 is 0 Å². The van der Waals surface area contributed by atoms with Crippen molar-refractivity contribution >= 4 is 10.9 Å². The molecule has 0 amide bonds. The van der Waals surface area contributed by atoms with Crippen LogP contribution in [0.2, 0.25) is 0 Å². The fourth-order valence-electron chi connectivity index (χ4n) is 4.04. The quantitative estimate of drug-likeness (QED) is 0.439. The Labute approximate surface area is 190 Å². The van der Waals surface area contributed by atoms with Gasteiger partial charge in [0.25, 0.3) is 5.56 Å². The highest BCUT2D eigenvalue weighted by Gasteiger charge is 2.16. The lowest BCUT2D eigenvalue weighted by Gasteiger charge is -2.14. The molecule has 0 radical (unpaired) electrons. The van der Waals surface area contributed by atoms with Gasteiger partial charge in [0.05, 0.1) is 34.8 Å². The Morgan fingerprint density at radius 2 is 1.61 bits per heavy atom. The van der Waals surface area contributed by atoms with E-state index in [0.29, 0.717) is 23.0 Å². The highest BCUT2D eigenvalue weighted by molar-refractivity contribution is 5.98. The Hall–Kier alpha value is -4.53. The first-order valence-corrected chi connectivity index (χ1v) is 10.7. The van der Waals surface area contributed by atoms with Crippen molar-refractivity contribution < 1.29 is 5.73 Å². The minimum Gasteiger partial charge on any atom is -0.354 e. The van der Waals surface area contributed by atoms with Gasteiger partial charge in [0.15, 0.2) is 0 Å². The molecule has 0 unspecified atom stereocenters. The van der Waals surface area contributed by atoms with Crippen molar-refractivity contribution in [3.63, 3.8) is 0 Å². The Morgan fingerprint density at radius 3 is 2.33 bits per heavy atom. The SMILES string of the molecule is N#Cc1cccc(-c2c[nH]c(=O)c3cc(-c4ccccc4)c(-c4ccc(C[NH3+])cc4)nc23)c1. The number of hydrogen-bond acceptors (Lipinski definition) is 3. The van der Waals surface area contributed by atoms with E-state index in [1.165, 1.54) is 0 Å². The first-order valence-electron chi connectivity index (χ1n) is 10.7. The van der Waals surface area contributed by atoms with Crippen LogP contribution in [0.3, 0.4) is 0 Å². The van der Waals surface area contributed by atoms with Crippen molar-refractivity contribution in [3.05, 3.63) is 113 Å². The van der Waals surface area contributed by atoms with Crippen LogP contribution >= 0.6 is 0 Å². The van der Waals surface area contributed by atoms with Crippen molar-refractivity contribution in [1.82, 2.24) is 9.97 Å². The van der Waals surface area contributed by atoms with Gasteiger partial charge in [0, 0.05) is 28.5 Å². The summed E-state index contributed by atoms with van der Waals surface area (Å²) in [4.78, 5) is 20.7. The number of pyridine rings is 2. The lowest BCUT2D eigenvalue weighted by atomic mass is 9.95. The van der Waals surface area contributed by atoms with Crippen molar-refractivity contribution in [2.75, 3.05) is 0 Å². The number of nitrogens with one attached hydrogen (secondary N) is 1. The number of quaternary nitrogens is 1. The summed E-state index contributed by atoms with van der Waals surface area (Å²) in [5.41, 5.74) is 11.3. The topological polar surface area (TPSA) is 97.2 Å². The lowest BCUT2D eigenvalue weighted by Crippen LogP contribution is -2.47. The zero-order valence-corrected chi connectivity index (χ0v) is 17.9. The van der Waals surface area contributed by atoms with Crippen molar-refractivity contribution in [3.8, 4) is 39.6 Å². The summed E-state index contributed by atoms with van der Waals surface area (Å²) < 4.78 is 0. The zero-order valence-electron chi connectivity index (χ0n) is 17.9. The van der Waals surface area contributed by atoms with Crippen LogP contribution in [-0.2, 0) is 6.54 Å². The number of nitriles is 1. The molecule has 0 aliphatic rings. The molecule has 5 heteroatoms. The van der Waals surface area contributed by atoms with Gasteiger partial charge < -0.3 is 10.7 Å². The zero-order chi connectivity index (χ0) is 22.8. The molecule has 5 rings (SSSR count). The fourth-order valence-corrected chi connectivity index (χ4v) is 4.04. The molecule has 5 aromatic rings. The van der Waals surface area contributed by atoms with Crippen LogP contribution in [-0.4, -0.2) is 9.97 Å². The highest BCUT2D eigenvalue weighted by atomic mass is 16.1. The fraction of sp³-hybridized carbons (Fsp3) is 0.0357. The number of rotatable bonds is 4. The third kappa shape index (κ3) is 3.80. The summed E-state index contributed by atoms with van der Waals surface area (Å²) >= 11 is 0. The number of hydrogen-bond donors (Lipinski definition) is 2. The smallest absolute Gasteiger partial charge is 0.257 e. The molecule has 33 heavy (non-hydrogen) atoms. The number of H-pyrrole nitrogens is 1. The van der Waals surface area contributed by atoms with E-state index in [9.17, 15) is 10.1 Å². The molecular weight excluding hydrogens is 408 g/mol. The van der Waals surface area contributed by atoms with E-state index in [1.807, 2.05) is 66.7 Å². The van der Waals surface area contributed by atoms with E-state index >= 15 is 0 Å². The minimum atomic E-state index is -0.200. The Morgan fingerprint density at radius 1 is 0.848 bits per heavy atom. The van der Waals surface area contributed by atoms with Crippen molar-refractivity contribution in [2.24, 2.45) is 0 Å². The van der Waals surface area contributed by atoms with Gasteiger partial charge in [-0.25, -0.2) is 4.98 Å². The van der Waals surface area contributed by atoms with E-state index in [4.69, 9.17) is 4.98 Å². The van der Waals surface area contributed by atoms with E-state index in [-0.39, 0.29) is 5.56 Å². The molecule has 0 aliphatic carbocycles. The maximum absolute atomic E-state index is 12.8. The lowest BCUT2D eigenvalue weighted by molar-refractivity contribution is -0.386. The maximum Gasteiger partial charge on any atom is 0.257 e. The largest absolute Gasteiger partial charge is 0.354 e. The molecular formula is C28H21N4O+. The monoisotopic (exact) mass is 429 g/mol. The van der Waals surface area contributed by atoms with Gasteiger partial charge in [0.2, 0.25) is 0 Å². The average Bonchev–Trinajstić information content (AvgIpc) is 2.89. The van der Waals surface area contributed by atoms with Crippen LogP contribution in [0, 0.1) is 11.3 Å². The predicted molar refractivity (Wildman–Crippen MR) is 130 cm³/mol. The first kappa shape index (κ1) is 20.4. The van der Waals surface area contributed by atoms with E-state index in [2.05, 4.69) is 28.9 Å². The highest BCUT2D eigenvalue weighted by Crippen LogP contribution is 2.35. The second-order valence-corrected chi connectivity index (χ2v) is 7.82. The number of aromatic amines is 1. The van der Waals surface area contributed by atoms with Gasteiger partial charge in [-0.2, -0.15) is 5.26 Å². The maximum atomic E-state index is 12.8. The van der Waals surface area contributed by atoms with Crippen LogP contribution in [0.25, 0.3) is 44.4 Å². The van der Waals surface area contributed by atoms with Crippen molar-refractivity contribution in [1.29, 1.82) is 5.26 Å². The second kappa shape index (κ2) is 8.54. The standard InChI is InChI=1S/C28H20N4O/c29-15-18-9-11-21(12-10-18)26-23(20-6-2-1-3-7-20)14-24-27(32-26)25(17-31-28(24)33)22-8-4-5-19(13-22)16-30/h1-14,17H,15,29H2,(H,31,33)/p+1. The van der Waals surface area contributed by atoms with Crippen LogP contribution in [0.15, 0.2) is 95.9 Å². The molecule has 4 N–H and O–H groups in total. The molecule has 158 valence electrons. The molecule has 0 fully saturated rings. The molecule has 5 nitrogen and oxygen atoms in total. The van der Waals surface area contributed by atoms with Gasteiger partial charge in [-0.05, 0) is 29.3 Å². The first-order chi connectivity index (χ1) is 16.2. The predicted octanol–water partition coefficient (Wildman–Crippen LogP) is 4.54. The van der Waals surface area contributed by atoms with Crippen molar-refractivity contribution in [2.45, 2.75) is 6.54 Å². The molecule has 0 bridgehead atoms. The third-order valence-corrected chi connectivity index (χ3v) is 5.77. The van der Waals surface area contributed by atoms with E-state index in [0.717, 1.165) is 39.1 Å². The summed E-state index contributed by atoms with van der Waals surface area (Å²) in [5.74, 6) is 0. The van der Waals surface area contributed by atoms with Crippen LogP contribution in [0.4, 0.5) is 0 Å². The van der Waals surface area contributed by atoms with Crippen LogP contribution in [0.1, 0.15) is 11.1 Å². The average molecular weight is 430 g/mol. The number of fused-ring (bicyclic) bond motifs is 1. The van der Waals surface area contributed by atoms with Gasteiger partial charge in [-0.15, -0.1) is 0 Å². The molecule has 0 atom stereocenters. The molecule has 0 spiro atoms. The third-order valence-electron chi connectivity index (χ3n) is 5.77. The number of aromatic nitrogens is 2. The molecule has 0 saturated carbocycles. The summed E-state index contributed by atoms with van der Waals surface area (Å²) in [6, 6.07) is 29.6. The second-order valence-electron chi connectivity index (χ2n) is 7.82. The van der Waals surface area contributed by atoms with E-state index in [1.54, 1.807) is 12.3 Å². The molecule has 2 heterocycles. The summed E-state index contributed by atoms with van der Waals surface area (Å²) in [6.07, 6.45) is 1.67.